The van der Waals surface area contributed by atoms with Gasteiger partial charge < -0.3 is 14.8 Å². The Kier molecular flexibility index (Phi) is 3.84. The molecule has 0 aliphatic carbocycles. The Morgan fingerprint density at radius 1 is 1.30 bits per heavy atom. The lowest BCUT2D eigenvalue weighted by Crippen LogP contribution is -2.22. The minimum absolute atomic E-state index is 0.0934. The van der Waals surface area contributed by atoms with E-state index in [9.17, 15) is 0 Å². The Bertz CT molecular complexity index is 600. The van der Waals surface area contributed by atoms with Crippen LogP contribution in [0, 0.1) is 6.92 Å². The average molecular weight is 291 g/mol. The highest BCUT2D eigenvalue weighted by Crippen LogP contribution is 2.35. The number of rotatable bonds is 4. The third kappa shape index (κ3) is 2.48. The Morgan fingerprint density at radius 3 is 2.80 bits per heavy atom. The first-order chi connectivity index (χ1) is 9.79. The van der Waals surface area contributed by atoms with Gasteiger partial charge in [0.05, 0.1) is 16.6 Å². The molecular weight excluding hydrogens is 274 g/mol. The van der Waals surface area contributed by atoms with Gasteiger partial charge in [0.25, 0.3) is 0 Å². The summed E-state index contributed by atoms with van der Waals surface area (Å²) in [5, 5.41) is 7.59. The lowest BCUT2D eigenvalue weighted by molar-refractivity contribution is 0.171. The van der Waals surface area contributed by atoms with Gasteiger partial charge >= 0.3 is 0 Å². The summed E-state index contributed by atoms with van der Waals surface area (Å²) in [5.41, 5.74) is 2.11. The van der Waals surface area contributed by atoms with Crippen molar-refractivity contribution in [2.45, 2.75) is 19.9 Å². The van der Waals surface area contributed by atoms with Crippen LogP contribution in [-0.4, -0.2) is 29.3 Å². The smallest absolute Gasteiger partial charge is 0.161 e. The van der Waals surface area contributed by atoms with Crippen LogP contribution in [-0.2, 0) is 0 Å². The Hall–Kier alpha value is -1.66. The van der Waals surface area contributed by atoms with Gasteiger partial charge in [-0.05, 0) is 42.7 Å². The summed E-state index contributed by atoms with van der Waals surface area (Å²) >= 11 is 1.43. The second kappa shape index (κ2) is 5.76. The van der Waals surface area contributed by atoms with Crippen molar-refractivity contribution in [2.24, 2.45) is 0 Å². The van der Waals surface area contributed by atoms with Gasteiger partial charge in [-0.2, -0.15) is 0 Å². The zero-order chi connectivity index (χ0) is 13.9. The van der Waals surface area contributed by atoms with Crippen LogP contribution in [0.1, 0.15) is 29.1 Å². The third-order valence-electron chi connectivity index (χ3n) is 3.26. The van der Waals surface area contributed by atoms with Crippen molar-refractivity contribution < 1.29 is 9.47 Å². The first-order valence-corrected chi connectivity index (χ1v) is 7.48. The first-order valence-electron chi connectivity index (χ1n) is 6.71. The molecule has 5 nitrogen and oxygen atoms in total. The van der Waals surface area contributed by atoms with Crippen LogP contribution in [0.15, 0.2) is 18.2 Å². The molecule has 1 aliphatic rings. The fourth-order valence-corrected chi connectivity index (χ4v) is 3.06. The molecule has 2 aromatic rings. The predicted molar refractivity (Wildman–Crippen MR) is 77.6 cm³/mol. The topological polar surface area (TPSA) is 56.3 Å². The lowest BCUT2D eigenvalue weighted by Gasteiger charge is -2.22. The molecule has 20 heavy (non-hydrogen) atoms. The summed E-state index contributed by atoms with van der Waals surface area (Å²) in [4.78, 5) is 1.14. The van der Waals surface area contributed by atoms with E-state index in [0.29, 0.717) is 13.2 Å². The van der Waals surface area contributed by atoms with E-state index in [0.717, 1.165) is 34.2 Å². The van der Waals surface area contributed by atoms with Gasteiger partial charge in [0.2, 0.25) is 0 Å². The zero-order valence-electron chi connectivity index (χ0n) is 11.5. The molecule has 1 aromatic carbocycles. The van der Waals surface area contributed by atoms with Gasteiger partial charge in [0.15, 0.2) is 11.5 Å². The lowest BCUT2D eigenvalue weighted by atomic mass is 10.0. The molecule has 1 atom stereocenters. The third-order valence-corrected chi connectivity index (χ3v) is 4.15. The largest absolute Gasteiger partial charge is 0.486 e. The number of ether oxygens (including phenoxy) is 2. The number of nitrogens with one attached hydrogen (secondary N) is 1. The minimum atomic E-state index is 0.0934. The van der Waals surface area contributed by atoms with Crippen LogP contribution in [0.4, 0.5) is 0 Å². The zero-order valence-corrected chi connectivity index (χ0v) is 12.4. The van der Waals surface area contributed by atoms with E-state index in [1.54, 1.807) is 0 Å². The maximum absolute atomic E-state index is 5.66. The number of benzene rings is 1. The van der Waals surface area contributed by atoms with E-state index in [-0.39, 0.29) is 6.04 Å². The quantitative estimate of drug-likeness (QED) is 0.937. The van der Waals surface area contributed by atoms with E-state index in [4.69, 9.17) is 9.47 Å². The van der Waals surface area contributed by atoms with Gasteiger partial charge in [0, 0.05) is 0 Å². The van der Waals surface area contributed by atoms with Crippen LogP contribution in [0.2, 0.25) is 0 Å². The average Bonchev–Trinajstić information content (AvgIpc) is 2.90. The molecule has 0 radical (unpaired) electrons. The molecule has 6 heteroatoms. The van der Waals surface area contributed by atoms with Crippen LogP contribution >= 0.6 is 11.5 Å². The van der Waals surface area contributed by atoms with E-state index < -0.39 is 0 Å². The summed E-state index contributed by atoms with van der Waals surface area (Å²) in [7, 11) is 0. The summed E-state index contributed by atoms with van der Waals surface area (Å²) in [6.07, 6.45) is 0. The summed E-state index contributed by atoms with van der Waals surface area (Å²) in [5.74, 6) is 1.63. The molecule has 3 rings (SSSR count). The number of nitrogens with zero attached hydrogens (tertiary/aromatic N) is 2. The highest BCUT2D eigenvalue weighted by Gasteiger charge is 2.21. The highest BCUT2D eigenvalue weighted by atomic mass is 32.1. The molecule has 1 aliphatic heterocycles. The molecule has 2 heterocycles. The summed E-state index contributed by atoms with van der Waals surface area (Å²) in [6.45, 7) is 6.16. The van der Waals surface area contributed by atoms with Gasteiger partial charge in [-0.1, -0.05) is 17.5 Å². The molecule has 1 aromatic heterocycles. The van der Waals surface area contributed by atoms with Crippen molar-refractivity contribution in [3.63, 3.8) is 0 Å². The SMILES string of the molecule is CCNC(c1ccc2c(c1)OCCO2)c1snnc1C. The van der Waals surface area contributed by atoms with Crippen LogP contribution < -0.4 is 14.8 Å². The molecule has 1 unspecified atom stereocenters. The van der Waals surface area contributed by atoms with E-state index in [1.807, 2.05) is 19.1 Å². The maximum Gasteiger partial charge on any atom is 0.161 e. The van der Waals surface area contributed by atoms with Gasteiger partial charge in [-0.15, -0.1) is 5.10 Å². The predicted octanol–water partition coefficient (Wildman–Crippen LogP) is 2.32. The van der Waals surface area contributed by atoms with Crippen molar-refractivity contribution >= 4 is 11.5 Å². The fraction of sp³-hybridized carbons (Fsp3) is 0.429. The van der Waals surface area contributed by atoms with E-state index >= 15 is 0 Å². The van der Waals surface area contributed by atoms with E-state index in [2.05, 4.69) is 27.9 Å². The van der Waals surface area contributed by atoms with Gasteiger partial charge in [-0.25, -0.2) is 0 Å². The summed E-state index contributed by atoms with van der Waals surface area (Å²) in [6, 6.07) is 6.18. The van der Waals surface area contributed by atoms with Crippen molar-refractivity contribution in [3.05, 3.63) is 34.3 Å². The molecule has 0 spiro atoms. The Balaban J connectivity index is 1.97. The van der Waals surface area contributed by atoms with Gasteiger partial charge in [0.1, 0.15) is 13.2 Å². The molecule has 1 N–H and O–H groups in total. The molecule has 0 saturated carbocycles. The van der Waals surface area contributed by atoms with Gasteiger partial charge in [-0.3, -0.25) is 0 Å². The highest BCUT2D eigenvalue weighted by molar-refractivity contribution is 7.05. The molecule has 106 valence electrons. The number of hydrogen-bond acceptors (Lipinski definition) is 6. The Labute approximate surface area is 122 Å². The van der Waals surface area contributed by atoms with Crippen LogP contribution in [0.5, 0.6) is 11.5 Å². The fourth-order valence-electron chi connectivity index (χ4n) is 2.31. The monoisotopic (exact) mass is 291 g/mol. The van der Waals surface area contributed by atoms with Crippen LogP contribution in [0.25, 0.3) is 0 Å². The first kappa shape index (κ1) is 13.3. The van der Waals surface area contributed by atoms with Crippen molar-refractivity contribution in [2.75, 3.05) is 19.8 Å². The Morgan fingerprint density at radius 2 is 2.10 bits per heavy atom. The second-order valence-electron chi connectivity index (χ2n) is 4.62. The number of hydrogen-bond donors (Lipinski definition) is 1. The van der Waals surface area contributed by atoms with E-state index in [1.165, 1.54) is 11.5 Å². The summed E-state index contributed by atoms with van der Waals surface area (Å²) < 4.78 is 15.3. The molecule has 0 saturated heterocycles. The standard InChI is InChI=1S/C14H17N3O2S/c1-3-15-13(14-9(2)16-17-20-14)10-4-5-11-12(8-10)19-7-6-18-11/h4-5,8,13,15H,3,6-7H2,1-2H3. The number of aryl methyl sites for hydroxylation is 1. The maximum atomic E-state index is 5.66. The normalized spacial score (nSPS) is 15.1. The van der Waals surface area contributed by atoms with Crippen molar-refractivity contribution in [3.8, 4) is 11.5 Å². The molecular formula is C14H17N3O2S. The number of fused-ring (bicyclic) bond motifs is 1. The molecule has 0 fully saturated rings. The van der Waals surface area contributed by atoms with Crippen LogP contribution in [0.3, 0.4) is 0 Å². The second-order valence-corrected chi connectivity index (χ2v) is 5.40. The number of aromatic nitrogens is 2. The van der Waals surface area contributed by atoms with Crippen molar-refractivity contribution in [1.29, 1.82) is 0 Å². The molecule has 0 amide bonds. The molecule has 0 bridgehead atoms. The minimum Gasteiger partial charge on any atom is -0.486 e. The van der Waals surface area contributed by atoms with Crippen molar-refractivity contribution in [1.82, 2.24) is 14.9 Å².